The van der Waals surface area contributed by atoms with Crippen molar-refractivity contribution in [3.63, 3.8) is 0 Å². The lowest BCUT2D eigenvalue weighted by Gasteiger charge is -2.33. The van der Waals surface area contributed by atoms with Crippen molar-refractivity contribution in [3.8, 4) is 0 Å². The lowest BCUT2D eigenvalue weighted by atomic mass is 9.72. The van der Waals surface area contributed by atoms with Crippen LogP contribution in [0.3, 0.4) is 0 Å². The minimum absolute atomic E-state index is 0.341. The van der Waals surface area contributed by atoms with Crippen LogP contribution < -0.4 is 0 Å². The van der Waals surface area contributed by atoms with Gasteiger partial charge in [-0.2, -0.15) is 5.10 Å². The van der Waals surface area contributed by atoms with Gasteiger partial charge in [-0.25, -0.2) is 14.5 Å². The Bertz CT molecular complexity index is 1160. The van der Waals surface area contributed by atoms with Crippen molar-refractivity contribution < 1.29 is 0 Å². The van der Waals surface area contributed by atoms with Crippen molar-refractivity contribution in [3.05, 3.63) is 40.0 Å². The Morgan fingerprint density at radius 1 is 1.32 bits per heavy atom. The average Bonchev–Trinajstić information content (AvgIpc) is 3.33. The van der Waals surface area contributed by atoms with Crippen molar-refractivity contribution in [1.29, 1.82) is 0 Å². The van der Waals surface area contributed by atoms with Crippen LogP contribution in [0.25, 0.3) is 15.9 Å². The van der Waals surface area contributed by atoms with Crippen LogP contribution in [-0.4, -0.2) is 29.4 Å². The van der Waals surface area contributed by atoms with Crippen molar-refractivity contribution >= 4 is 38.8 Å². The molecule has 1 unspecified atom stereocenters. The average molecular weight is 415 g/mol. The zero-order valence-corrected chi connectivity index (χ0v) is 17.9. The van der Waals surface area contributed by atoms with Crippen LogP contribution in [0.4, 0.5) is 0 Å². The summed E-state index contributed by atoms with van der Waals surface area (Å²) in [5.74, 6) is 1.53. The second-order valence-electron chi connectivity index (χ2n) is 8.70. The van der Waals surface area contributed by atoms with Crippen LogP contribution in [0.2, 0.25) is 5.02 Å². The van der Waals surface area contributed by atoms with Crippen molar-refractivity contribution in [1.82, 2.24) is 29.4 Å². The molecule has 0 spiro atoms. The fourth-order valence-corrected chi connectivity index (χ4v) is 5.56. The van der Waals surface area contributed by atoms with Crippen LogP contribution in [0.1, 0.15) is 43.5 Å². The summed E-state index contributed by atoms with van der Waals surface area (Å²) in [6.07, 6.45) is 9.44. The molecule has 28 heavy (non-hydrogen) atoms. The summed E-state index contributed by atoms with van der Waals surface area (Å²) >= 11 is 7.77. The van der Waals surface area contributed by atoms with E-state index < -0.39 is 0 Å². The molecule has 6 nitrogen and oxygen atoms in total. The molecule has 0 N–H and O–H groups in total. The fourth-order valence-electron chi connectivity index (χ4n) is 4.14. The van der Waals surface area contributed by atoms with Gasteiger partial charge in [0, 0.05) is 24.0 Å². The Morgan fingerprint density at radius 2 is 2.18 bits per heavy atom. The number of fused-ring (bicyclic) bond motifs is 5. The molecule has 0 bridgehead atoms. The fraction of sp³-hybridized carbons (Fsp3) is 0.500. The predicted octanol–water partition coefficient (Wildman–Crippen LogP) is 4.58. The molecule has 4 aromatic heterocycles. The Hall–Kier alpha value is -1.99. The van der Waals surface area contributed by atoms with Gasteiger partial charge >= 0.3 is 0 Å². The summed E-state index contributed by atoms with van der Waals surface area (Å²) in [5, 5.41) is 10.7. The maximum absolute atomic E-state index is 5.94. The molecule has 8 heteroatoms. The van der Waals surface area contributed by atoms with Gasteiger partial charge in [-0.3, -0.25) is 4.68 Å². The molecule has 0 aliphatic heterocycles. The van der Waals surface area contributed by atoms with E-state index in [-0.39, 0.29) is 0 Å². The summed E-state index contributed by atoms with van der Waals surface area (Å²) in [6, 6.07) is 0. The molecule has 0 amide bonds. The van der Waals surface area contributed by atoms with Gasteiger partial charge in [0.15, 0.2) is 11.5 Å². The Kier molecular flexibility index (Phi) is 4.21. The molecular formula is C20H23ClN6S. The summed E-state index contributed by atoms with van der Waals surface area (Å²) in [7, 11) is 0. The zero-order chi connectivity index (χ0) is 19.5. The number of hydrogen-bond acceptors (Lipinski definition) is 5. The van der Waals surface area contributed by atoms with E-state index >= 15 is 0 Å². The number of hydrogen-bond donors (Lipinski definition) is 0. The molecule has 0 radical (unpaired) electrons. The molecule has 0 saturated heterocycles. The van der Waals surface area contributed by atoms with Crippen LogP contribution in [0, 0.1) is 11.3 Å². The van der Waals surface area contributed by atoms with Gasteiger partial charge in [0.1, 0.15) is 11.2 Å². The van der Waals surface area contributed by atoms with E-state index in [1.54, 1.807) is 12.5 Å². The maximum atomic E-state index is 5.94. The third kappa shape index (κ3) is 3.10. The number of rotatable bonds is 3. The maximum Gasteiger partial charge on any atom is 0.167 e. The van der Waals surface area contributed by atoms with E-state index in [9.17, 15) is 0 Å². The van der Waals surface area contributed by atoms with Gasteiger partial charge in [0.2, 0.25) is 0 Å². The third-order valence-electron chi connectivity index (χ3n) is 5.82. The standard InChI is InChI=1S/C20H23ClN6S/c1-20(2,3)12-4-5-14-15(8-12)28-19-17(14)18-24-16(25-27(18)11-22-19)6-7-26-10-13(21)9-23-26/h9-12H,4-8H2,1-3H3. The Labute approximate surface area is 172 Å². The highest BCUT2D eigenvalue weighted by Crippen LogP contribution is 2.43. The highest BCUT2D eigenvalue weighted by atomic mass is 35.5. The first-order valence-electron chi connectivity index (χ1n) is 9.71. The van der Waals surface area contributed by atoms with Gasteiger partial charge in [-0.1, -0.05) is 32.4 Å². The van der Waals surface area contributed by atoms with E-state index in [1.807, 2.05) is 26.7 Å². The number of thiophene rings is 1. The van der Waals surface area contributed by atoms with Gasteiger partial charge in [-0.15, -0.1) is 16.4 Å². The second kappa shape index (κ2) is 6.52. The highest BCUT2D eigenvalue weighted by Gasteiger charge is 2.31. The number of nitrogens with zero attached hydrogens (tertiary/aromatic N) is 6. The van der Waals surface area contributed by atoms with Gasteiger partial charge in [0.25, 0.3) is 0 Å². The van der Waals surface area contributed by atoms with Crippen molar-refractivity contribution in [2.24, 2.45) is 11.3 Å². The normalized spacial score (nSPS) is 17.5. The first kappa shape index (κ1) is 18.1. The minimum atomic E-state index is 0.341. The summed E-state index contributed by atoms with van der Waals surface area (Å²) < 4.78 is 3.65. The largest absolute Gasteiger partial charge is 0.271 e. The first-order chi connectivity index (χ1) is 13.4. The van der Waals surface area contributed by atoms with E-state index in [4.69, 9.17) is 16.6 Å². The highest BCUT2D eigenvalue weighted by molar-refractivity contribution is 7.19. The summed E-state index contributed by atoms with van der Waals surface area (Å²) in [4.78, 5) is 12.1. The van der Waals surface area contributed by atoms with Gasteiger partial charge in [-0.05, 0) is 36.2 Å². The van der Waals surface area contributed by atoms with Crippen molar-refractivity contribution in [2.75, 3.05) is 0 Å². The smallest absolute Gasteiger partial charge is 0.167 e. The molecule has 0 aromatic carbocycles. The van der Waals surface area contributed by atoms with E-state index in [2.05, 4.69) is 36.0 Å². The molecule has 1 aliphatic carbocycles. The minimum Gasteiger partial charge on any atom is -0.271 e. The first-order valence-corrected chi connectivity index (χ1v) is 10.9. The molecule has 0 fully saturated rings. The number of halogens is 1. The predicted molar refractivity (Wildman–Crippen MR) is 112 cm³/mol. The van der Waals surface area contributed by atoms with Crippen LogP contribution in [-0.2, 0) is 25.8 Å². The lowest BCUT2D eigenvalue weighted by molar-refractivity contribution is 0.218. The van der Waals surface area contributed by atoms with E-state index in [0.717, 1.165) is 35.1 Å². The van der Waals surface area contributed by atoms with E-state index in [1.165, 1.54) is 22.2 Å². The topological polar surface area (TPSA) is 60.9 Å². The Morgan fingerprint density at radius 3 is 2.93 bits per heavy atom. The molecule has 1 aliphatic rings. The summed E-state index contributed by atoms with van der Waals surface area (Å²) in [5.41, 5.74) is 2.72. The van der Waals surface area contributed by atoms with Gasteiger partial charge in [0.05, 0.1) is 16.6 Å². The third-order valence-corrected chi connectivity index (χ3v) is 7.18. The monoisotopic (exact) mass is 414 g/mol. The van der Waals surface area contributed by atoms with Crippen LogP contribution >= 0.6 is 22.9 Å². The lowest BCUT2D eigenvalue weighted by Crippen LogP contribution is -2.26. The molecule has 4 heterocycles. The van der Waals surface area contributed by atoms with Crippen LogP contribution in [0.15, 0.2) is 18.7 Å². The van der Waals surface area contributed by atoms with Crippen LogP contribution in [0.5, 0.6) is 0 Å². The van der Waals surface area contributed by atoms with Crippen molar-refractivity contribution in [2.45, 2.75) is 53.0 Å². The molecule has 0 saturated carbocycles. The zero-order valence-electron chi connectivity index (χ0n) is 16.3. The molecule has 146 valence electrons. The quantitative estimate of drug-likeness (QED) is 0.492. The SMILES string of the molecule is CC(C)(C)C1CCc2c(sc3ncn4nc(CCn5cc(Cl)cn5)nc4c23)C1. The molecular weight excluding hydrogens is 392 g/mol. The summed E-state index contributed by atoms with van der Waals surface area (Å²) in [6.45, 7) is 7.76. The number of aromatic nitrogens is 6. The van der Waals surface area contributed by atoms with Gasteiger partial charge < -0.3 is 0 Å². The molecule has 5 rings (SSSR count). The molecule has 1 atom stereocenters. The number of aryl methyl sites for hydroxylation is 3. The molecule has 4 aromatic rings. The Balaban J connectivity index is 1.49. The van der Waals surface area contributed by atoms with E-state index in [0.29, 0.717) is 23.4 Å². The second-order valence-corrected chi connectivity index (χ2v) is 10.2.